The molecule has 0 atom stereocenters. The third kappa shape index (κ3) is 3.03. The molecular weight excluding hydrogens is 354 g/mol. The molecule has 21 heavy (non-hydrogen) atoms. The largest absolute Gasteiger partial charge is 0.444 e. The lowest BCUT2D eigenvalue weighted by Crippen LogP contribution is -2.10. The Hall–Kier alpha value is -1.99. The van der Waals surface area contributed by atoms with Gasteiger partial charge in [0.2, 0.25) is 0 Å². The second-order valence-corrected chi connectivity index (χ2v) is 6.01. The summed E-state index contributed by atoms with van der Waals surface area (Å²) < 4.78 is 5.72. The number of furan rings is 1. The highest BCUT2D eigenvalue weighted by molar-refractivity contribution is 9.10. The molecule has 0 aliphatic carbocycles. The van der Waals surface area contributed by atoms with E-state index in [1.807, 2.05) is 19.1 Å². The average Bonchev–Trinajstić information content (AvgIpc) is 3.06. The van der Waals surface area contributed by atoms with Gasteiger partial charge in [0, 0.05) is 18.0 Å². The summed E-state index contributed by atoms with van der Waals surface area (Å²) >= 11 is 4.57. The van der Waals surface area contributed by atoms with E-state index in [-0.39, 0.29) is 11.7 Å². The standard InChI is InChI=1S/C14H10BrN3O2S/c1-8-12(9-3-2-6-16-7-9)21-14(17-8)18-13(19)10-4-5-11(15)20-10/h2-7H,1H3,(H,17,18,19). The summed E-state index contributed by atoms with van der Waals surface area (Å²) in [5.74, 6) is -0.0927. The van der Waals surface area contributed by atoms with Crippen LogP contribution >= 0.6 is 27.3 Å². The number of thiazole rings is 1. The van der Waals surface area contributed by atoms with Crippen LogP contribution < -0.4 is 5.32 Å². The Balaban J connectivity index is 1.83. The summed E-state index contributed by atoms with van der Waals surface area (Å²) in [4.78, 5) is 21.5. The Morgan fingerprint density at radius 3 is 2.90 bits per heavy atom. The van der Waals surface area contributed by atoms with E-state index in [0.717, 1.165) is 16.1 Å². The summed E-state index contributed by atoms with van der Waals surface area (Å²) in [6.45, 7) is 1.90. The van der Waals surface area contributed by atoms with E-state index in [1.165, 1.54) is 11.3 Å². The number of halogens is 1. The quantitative estimate of drug-likeness (QED) is 0.759. The number of hydrogen-bond acceptors (Lipinski definition) is 5. The van der Waals surface area contributed by atoms with E-state index >= 15 is 0 Å². The number of aromatic nitrogens is 2. The van der Waals surface area contributed by atoms with Gasteiger partial charge in [-0.3, -0.25) is 15.1 Å². The Morgan fingerprint density at radius 2 is 2.24 bits per heavy atom. The molecule has 7 heteroatoms. The number of pyridine rings is 1. The molecule has 106 valence electrons. The van der Waals surface area contributed by atoms with Crippen LogP contribution in [-0.2, 0) is 0 Å². The lowest BCUT2D eigenvalue weighted by atomic mass is 10.2. The molecule has 3 heterocycles. The van der Waals surface area contributed by atoms with Crippen LogP contribution in [0.4, 0.5) is 5.13 Å². The van der Waals surface area contributed by atoms with Gasteiger partial charge in [-0.1, -0.05) is 17.4 Å². The van der Waals surface area contributed by atoms with Gasteiger partial charge >= 0.3 is 0 Å². The molecule has 0 saturated carbocycles. The minimum Gasteiger partial charge on any atom is -0.444 e. The van der Waals surface area contributed by atoms with Crippen molar-refractivity contribution in [3.8, 4) is 10.4 Å². The number of nitrogens with zero attached hydrogens (tertiary/aromatic N) is 2. The van der Waals surface area contributed by atoms with Crippen molar-refractivity contribution in [3.63, 3.8) is 0 Å². The fourth-order valence-corrected chi connectivity index (χ4v) is 3.07. The van der Waals surface area contributed by atoms with Gasteiger partial charge in [-0.2, -0.15) is 0 Å². The molecule has 3 rings (SSSR count). The predicted octanol–water partition coefficient (Wildman–Crippen LogP) is 4.12. The SMILES string of the molecule is Cc1nc(NC(=O)c2ccc(Br)o2)sc1-c1cccnc1. The topological polar surface area (TPSA) is 68.0 Å². The van der Waals surface area contributed by atoms with Crippen LogP contribution in [0.25, 0.3) is 10.4 Å². The molecule has 0 aromatic carbocycles. The number of amides is 1. The maximum atomic E-state index is 12.0. The maximum Gasteiger partial charge on any atom is 0.293 e. The summed E-state index contributed by atoms with van der Waals surface area (Å²) in [7, 11) is 0. The van der Waals surface area contributed by atoms with Gasteiger partial charge in [-0.05, 0) is 41.1 Å². The first kappa shape index (κ1) is 14.0. The summed E-state index contributed by atoms with van der Waals surface area (Å²) in [5, 5.41) is 3.27. The first-order valence-electron chi connectivity index (χ1n) is 6.08. The average molecular weight is 364 g/mol. The summed E-state index contributed by atoms with van der Waals surface area (Å²) in [5.41, 5.74) is 1.83. The van der Waals surface area contributed by atoms with E-state index in [4.69, 9.17) is 4.42 Å². The first-order chi connectivity index (χ1) is 10.1. The molecule has 3 aromatic rings. The van der Waals surface area contributed by atoms with Crippen molar-refractivity contribution in [1.29, 1.82) is 0 Å². The number of carbonyl (C=O) groups is 1. The van der Waals surface area contributed by atoms with E-state index < -0.39 is 0 Å². The monoisotopic (exact) mass is 363 g/mol. The van der Waals surface area contributed by atoms with Gasteiger partial charge in [0.15, 0.2) is 15.6 Å². The number of aryl methyl sites for hydroxylation is 1. The van der Waals surface area contributed by atoms with Gasteiger partial charge in [0.1, 0.15) is 0 Å². The number of carbonyl (C=O) groups excluding carboxylic acids is 1. The molecule has 0 saturated heterocycles. The van der Waals surface area contributed by atoms with Crippen molar-refractivity contribution < 1.29 is 9.21 Å². The zero-order valence-electron chi connectivity index (χ0n) is 11.0. The predicted molar refractivity (Wildman–Crippen MR) is 84.4 cm³/mol. The molecular formula is C14H10BrN3O2S. The molecule has 1 amide bonds. The fourth-order valence-electron chi connectivity index (χ4n) is 1.81. The zero-order valence-corrected chi connectivity index (χ0v) is 13.4. The number of rotatable bonds is 3. The van der Waals surface area contributed by atoms with Crippen molar-refractivity contribution in [2.24, 2.45) is 0 Å². The van der Waals surface area contributed by atoms with Crippen molar-refractivity contribution in [3.05, 3.63) is 52.8 Å². The normalized spacial score (nSPS) is 10.6. The highest BCUT2D eigenvalue weighted by atomic mass is 79.9. The van der Waals surface area contributed by atoms with Crippen molar-refractivity contribution in [2.45, 2.75) is 6.92 Å². The lowest BCUT2D eigenvalue weighted by Gasteiger charge is -1.97. The Morgan fingerprint density at radius 1 is 1.38 bits per heavy atom. The van der Waals surface area contributed by atoms with Crippen LogP contribution in [0.2, 0.25) is 0 Å². The van der Waals surface area contributed by atoms with Gasteiger partial charge in [-0.15, -0.1) is 0 Å². The van der Waals surface area contributed by atoms with Crippen molar-refractivity contribution >= 4 is 38.3 Å². The van der Waals surface area contributed by atoms with Crippen LogP contribution in [0.15, 0.2) is 45.7 Å². The minimum absolute atomic E-state index is 0.234. The van der Waals surface area contributed by atoms with Crippen LogP contribution in [0.3, 0.4) is 0 Å². The lowest BCUT2D eigenvalue weighted by molar-refractivity contribution is 0.0995. The van der Waals surface area contributed by atoms with Crippen LogP contribution in [-0.4, -0.2) is 15.9 Å². The van der Waals surface area contributed by atoms with E-state index in [9.17, 15) is 4.79 Å². The molecule has 0 aliphatic rings. The van der Waals surface area contributed by atoms with Crippen LogP contribution in [0, 0.1) is 6.92 Å². The zero-order chi connectivity index (χ0) is 14.8. The fraction of sp³-hybridized carbons (Fsp3) is 0.0714. The molecule has 0 bridgehead atoms. The molecule has 0 spiro atoms. The number of hydrogen-bond donors (Lipinski definition) is 1. The molecule has 5 nitrogen and oxygen atoms in total. The van der Waals surface area contributed by atoms with Crippen molar-refractivity contribution in [2.75, 3.05) is 5.32 Å². The molecule has 0 fully saturated rings. The smallest absolute Gasteiger partial charge is 0.293 e. The minimum atomic E-state index is -0.327. The van der Waals surface area contributed by atoms with Gasteiger partial charge < -0.3 is 4.42 Å². The van der Waals surface area contributed by atoms with Gasteiger partial charge in [0.05, 0.1) is 10.6 Å². The molecule has 1 N–H and O–H groups in total. The third-order valence-corrected chi connectivity index (χ3v) is 4.29. The first-order valence-corrected chi connectivity index (χ1v) is 7.69. The van der Waals surface area contributed by atoms with Gasteiger partial charge in [0.25, 0.3) is 5.91 Å². The Bertz CT molecular complexity index is 783. The molecule has 0 aliphatic heterocycles. The molecule has 3 aromatic heterocycles. The van der Waals surface area contributed by atoms with E-state index in [1.54, 1.807) is 24.5 Å². The maximum absolute atomic E-state index is 12.0. The third-order valence-electron chi connectivity index (χ3n) is 2.74. The Kier molecular flexibility index (Phi) is 3.85. The van der Waals surface area contributed by atoms with Crippen LogP contribution in [0.5, 0.6) is 0 Å². The highest BCUT2D eigenvalue weighted by Gasteiger charge is 2.15. The van der Waals surface area contributed by atoms with E-state index in [0.29, 0.717) is 9.80 Å². The highest BCUT2D eigenvalue weighted by Crippen LogP contribution is 2.32. The summed E-state index contributed by atoms with van der Waals surface area (Å²) in [6, 6.07) is 7.10. The van der Waals surface area contributed by atoms with Crippen molar-refractivity contribution in [1.82, 2.24) is 9.97 Å². The Labute approximate surface area is 133 Å². The summed E-state index contributed by atoms with van der Waals surface area (Å²) in [6.07, 6.45) is 3.49. The van der Waals surface area contributed by atoms with E-state index in [2.05, 4.69) is 31.2 Å². The van der Waals surface area contributed by atoms with Gasteiger partial charge in [-0.25, -0.2) is 4.98 Å². The number of nitrogens with one attached hydrogen (secondary N) is 1. The second-order valence-electron chi connectivity index (χ2n) is 4.23. The number of anilines is 1. The van der Waals surface area contributed by atoms with Crippen LogP contribution in [0.1, 0.15) is 16.2 Å². The second kappa shape index (κ2) is 5.79. The molecule has 0 radical (unpaired) electrons. The molecule has 0 unspecified atom stereocenters.